The predicted octanol–water partition coefficient (Wildman–Crippen LogP) is 10.4. The molecule has 1 aromatic heterocycles. The third-order valence-corrected chi connectivity index (χ3v) is 14.6. The summed E-state index contributed by atoms with van der Waals surface area (Å²) in [6, 6.07) is 29.6. The largest absolute Gasteiger partial charge is 0.455 e. The molecule has 0 saturated carbocycles. The lowest BCUT2D eigenvalue weighted by molar-refractivity contribution is 0.668. The molecule has 45 heavy (non-hydrogen) atoms. The Morgan fingerprint density at radius 2 is 1.62 bits per heavy atom. The zero-order valence-electron chi connectivity index (χ0n) is 26.3. The van der Waals surface area contributed by atoms with Crippen LogP contribution in [-0.4, -0.2) is 14.1 Å². The van der Waals surface area contributed by atoms with E-state index in [0.29, 0.717) is 0 Å². The molecule has 5 aromatic rings. The van der Waals surface area contributed by atoms with Crippen molar-refractivity contribution in [1.29, 1.82) is 0 Å². The van der Waals surface area contributed by atoms with E-state index in [1.807, 2.05) is 0 Å². The van der Waals surface area contributed by atoms with Crippen molar-refractivity contribution >= 4 is 46.5 Å². The molecule has 2 heterocycles. The third kappa shape index (κ3) is 4.13. The minimum Gasteiger partial charge on any atom is -0.455 e. The van der Waals surface area contributed by atoms with Gasteiger partial charge in [-0.05, 0) is 90.6 Å². The van der Waals surface area contributed by atoms with E-state index in [0.717, 1.165) is 30.4 Å². The van der Waals surface area contributed by atoms with Crippen LogP contribution in [-0.2, 0) is 12.8 Å². The number of aryl methyl sites for hydroxylation is 1. The highest BCUT2D eigenvalue weighted by Crippen LogP contribution is 2.47. The van der Waals surface area contributed by atoms with Gasteiger partial charge in [-0.3, -0.25) is 0 Å². The Hall–Kier alpha value is -4.34. The van der Waals surface area contributed by atoms with E-state index in [9.17, 15) is 0 Å². The third-order valence-electron chi connectivity index (χ3n) is 10.9. The number of hydrogen-bond donors (Lipinski definition) is 0. The molecule has 0 fully saturated rings. The van der Waals surface area contributed by atoms with Gasteiger partial charge >= 0.3 is 0 Å². The van der Waals surface area contributed by atoms with Crippen molar-refractivity contribution in [3.05, 3.63) is 137 Å². The number of furan rings is 1. The van der Waals surface area contributed by atoms with Crippen molar-refractivity contribution in [3.63, 3.8) is 0 Å². The summed E-state index contributed by atoms with van der Waals surface area (Å²) in [5.74, 6) is 0. The Labute approximate surface area is 267 Å². The molecule has 1 aliphatic heterocycles. The lowest BCUT2D eigenvalue weighted by atomic mass is 9.85. The summed E-state index contributed by atoms with van der Waals surface area (Å²) in [5.41, 5.74) is 13.3. The topological polar surface area (TPSA) is 16.4 Å². The van der Waals surface area contributed by atoms with Gasteiger partial charge < -0.3 is 9.32 Å². The van der Waals surface area contributed by atoms with Crippen molar-refractivity contribution in [2.45, 2.75) is 64.1 Å². The molecule has 2 nitrogen and oxygen atoms in total. The maximum absolute atomic E-state index is 6.61. The van der Waals surface area contributed by atoms with Crippen LogP contribution in [0.4, 0.5) is 5.69 Å². The van der Waals surface area contributed by atoms with Crippen LogP contribution in [0.2, 0.25) is 13.1 Å². The van der Waals surface area contributed by atoms with Crippen molar-refractivity contribution in [3.8, 4) is 11.1 Å². The molecular formula is C42H39NOSi. The summed E-state index contributed by atoms with van der Waals surface area (Å²) in [4.78, 5) is 2.66. The molecule has 1 atom stereocenters. The number of para-hydroxylation sites is 2. The fraction of sp³-hybridized carbons (Fsp3) is 0.238. The van der Waals surface area contributed by atoms with Gasteiger partial charge in [0.15, 0.2) is 0 Å². The second kappa shape index (κ2) is 10.4. The first-order valence-corrected chi connectivity index (χ1v) is 19.8. The first-order chi connectivity index (χ1) is 22.1. The van der Waals surface area contributed by atoms with Crippen molar-refractivity contribution in [2.75, 3.05) is 4.90 Å². The van der Waals surface area contributed by atoms with Crippen LogP contribution in [0.15, 0.2) is 125 Å². The molecule has 0 bridgehead atoms. The average Bonchev–Trinajstić information content (AvgIpc) is 3.57. The maximum atomic E-state index is 6.61. The zero-order chi connectivity index (χ0) is 30.1. The lowest BCUT2D eigenvalue weighted by Gasteiger charge is -2.38. The number of anilines is 1. The number of hydrogen-bond acceptors (Lipinski definition) is 2. The van der Waals surface area contributed by atoms with Crippen molar-refractivity contribution < 1.29 is 4.42 Å². The highest BCUT2D eigenvalue weighted by Gasteiger charge is 2.43. The Kier molecular flexibility index (Phi) is 6.21. The monoisotopic (exact) mass is 601 g/mol. The fourth-order valence-corrected chi connectivity index (χ4v) is 12.0. The van der Waals surface area contributed by atoms with Gasteiger partial charge in [-0.25, -0.2) is 0 Å². The Morgan fingerprint density at radius 3 is 2.53 bits per heavy atom. The minimum atomic E-state index is -1.92. The van der Waals surface area contributed by atoms with Gasteiger partial charge in [0.1, 0.15) is 19.2 Å². The van der Waals surface area contributed by atoms with Crippen molar-refractivity contribution in [1.82, 2.24) is 0 Å². The molecule has 3 heteroatoms. The van der Waals surface area contributed by atoms with Crippen molar-refractivity contribution in [2.24, 2.45) is 0 Å². The van der Waals surface area contributed by atoms with E-state index in [1.54, 1.807) is 10.8 Å². The summed E-state index contributed by atoms with van der Waals surface area (Å²) in [5, 5.41) is 5.61. The Morgan fingerprint density at radius 1 is 0.778 bits per heavy atom. The standard InChI is InChI=1S/C42H39NOSi/c1-45(2)39-26-25-35-34-19-9-11-22-38(34)44-42(35)41(39)36-24-23-30(27-40(36)45)43(29-15-4-3-5-16-29)37-21-10-8-18-33(37)32-20-12-14-28-13-6-7-17-31(28)32/h4,8-12,14-16,18-26,30H,3,5-7,13,17,27H2,1-2H3. The summed E-state index contributed by atoms with van der Waals surface area (Å²) >= 11 is 0. The van der Waals surface area contributed by atoms with Crippen LogP contribution < -0.4 is 10.1 Å². The zero-order valence-corrected chi connectivity index (χ0v) is 27.3. The van der Waals surface area contributed by atoms with Crippen LogP contribution in [0.5, 0.6) is 0 Å². The number of benzene rings is 4. The van der Waals surface area contributed by atoms with Gasteiger partial charge in [0.25, 0.3) is 0 Å². The average molecular weight is 602 g/mol. The maximum Gasteiger partial charge on any atom is 0.143 e. The molecule has 4 aliphatic rings. The smallest absolute Gasteiger partial charge is 0.143 e. The predicted molar refractivity (Wildman–Crippen MR) is 193 cm³/mol. The molecule has 9 rings (SSSR count). The SMILES string of the molecule is C[Si]1(C)C2=C(C=CC(N(C3=CCCC=C3)c3ccccc3-c3cccc4c3CCCC4)C2)c2c1ccc1c2oc2ccccc21. The van der Waals surface area contributed by atoms with Gasteiger partial charge in [0.2, 0.25) is 0 Å². The minimum absolute atomic E-state index is 0.241. The van der Waals surface area contributed by atoms with Crippen LogP contribution in [0.1, 0.15) is 48.8 Å². The van der Waals surface area contributed by atoms with Gasteiger partial charge in [-0.15, -0.1) is 0 Å². The molecule has 0 radical (unpaired) electrons. The van der Waals surface area contributed by atoms with E-state index < -0.39 is 8.07 Å². The molecule has 0 amide bonds. The number of fused-ring (bicyclic) bond motifs is 7. The summed E-state index contributed by atoms with van der Waals surface area (Å²) in [7, 11) is -1.92. The quantitative estimate of drug-likeness (QED) is 0.191. The van der Waals surface area contributed by atoms with Crippen LogP contribution in [0, 0.1) is 0 Å². The van der Waals surface area contributed by atoms with Gasteiger partial charge in [-0.2, -0.15) is 0 Å². The second-order valence-electron chi connectivity index (χ2n) is 13.8. The lowest BCUT2D eigenvalue weighted by Crippen LogP contribution is -2.44. The van der Waals surface area contributed by atoms with Gasteiger partial charge in [0, 0.05) is 33.3 Å². The highest BCUT2D eigenvalue weighted by molar-refractivity contribution is 6.98. The first-order valence-electron chi connectivity index (χ1n) is 16.8. The highest BCUT2D eigenvalue weighted by atomic mass is 28.3. The molecule has 222 valence electrons. The summed E-state index contributed by atoms with van der Waals surface area (Å²) in [6.07, 6.45) is 20.3. The van der Waals surface area contributed by atoms with E-state index in [1.165, 1.54) is 80.9 Å². The van der Waals surface area contributed by atoms with E-state index >= 15 is 0 Å². The molecule has 3 aliphatic carbocycles. The number of rotatable bonds is 4. The number of nitrogens with zero attached hydrogens (tertiary/aromatic N) is 1. The van der Waals surface area contributed by atoms with Gasteiger partial charge in [0.05, 0.1) is 6.04 Å². The molecule has 0 saturated heterocycles. The molecule has 0 N–H and O–H groups in total. The number of allylic oxidation sites excluding steroid dienone is 5. The van der Waals surface area contributed by atoms with Gasteiger partial charge in [-0.1, -0.05) is 109 Å². The van der Waals surface area contributed by atoms with E-state index in [4.69, 9.17) is 4.42 Å². The molecule has 4 aromatic carbocycles. The van der Waals surface area contributed by atoms with E-state index in [2.05, 4.69) is 127 Å². The fourth-order valence-electron chi connectivity index (χ4n) is 8.67. The Bertz CT molecular complexity index is 2140. The summed E-state index contributed by atoms with van der Waals surface area (Å²) in [6.45, 7) is 5.10. The Balaban J connectivity index is 1.18. The van der Waals surface area contributed by atoms with Crippen LogP contribution in [0.3, 0.4) is 0 Å². The molecular weight excluding hydrogens is 563 g/mol. The first kappa shape index (κ1) is 27.0. The normalized spacial score (nSPS) is 19.9. The van der Waals surface area contributed by atoms with Crippen LogP contribution in [0.25, 0.3) is 38.6 Å². The molecule has 1 unspecified atom stereocenters. The van der Waals surface area contributed by atoms with Crippen LogP contribution >= 0.6 is 0 Å². The second-order valence-corrected chi connectivity index (χ2v) is 18.1. The summed E-state index contributed by atoms with van der Waals surface area (Å²) < 4.78 is 6.61. The van der Waals surface area contributed by atoms with E-state index in [-0.39, 0.29) is 6.04 Å². The molecule has 0 spiro atoms.